The second kappa shape index (κ2) is 9.61. The van der Waals surface area contributed by atoms with E-state index in [2.05, 4.69) is 10.1 Å². The Balaban J connectivity index is 1.91. The molecule has 1 heterocycles. The number of nitrogens with zero attached hydrogens (tertiary/aromatic N) is 4. The molecule has 0 fully saturated rings. The van der Waals surface area contributed by atoms with Gasteiger partial charge in [-0.15, -0.1) is 0 Å². The van der Waals surface area contributed by atoms with E-state index in [4.69, 9.17) is 4.74 Å². The van der Waals surface area contributed by atoms with E-state index in [0.29, 0.717) is 28.8 Å². The van der Waals surface area contributed by atoms with Gasteiger partial charge in [-0.05, 0) is 43.3 Å². The zero-order chi connectivity index (χ0) is 25.2. The monoisotopic (exact) mass is 480 g/mol. The molecule has 1 aromatic heterocycles. The number of benzene rings is 3. The Kier molecular flexibility index (Phi) is 6.59. The Morgan fingerprint density at radius 3 is 2.54 bits per heavy atom. The summed E-state index contributed by atoms with van der Waals surface area (Å²) in [6.07, 6.45) is -3.10. The van der Waals surface area contributed by atoms with Crippen LogP contribution in [0.15, 0.2) is 76.6 Å². The zero-order valence-electron chi connectivity index (χ0n) is 19.4. The van der Waals surface area contributed by atoms with Gasteiger partial charge >= 0.3 is 6.18 Å². The van der Waals surface area contributed by atoms with Gasteiger partial charge in [0.05, 0.1) is 29.3 Å². The fourth-order valence-corrected chi connectivity index (χ4v) is 3.56. The minimum atomic E-state index is -4.54. The molecule has 0 unspecified atom stereocenters. The molecule has 0 amide bonds. The fraction of sp³-hybridized carbons (Fsp3) is 0.192. The van der Waals surface area contributed by atoms with Gasteiger partial charge in [-0.3, -0.25) is 4.79 Å². The maximum atomic E-state index is 13.4. The van der Waals surface area contributed by atoms with Crippen LogP contribution in [-0.4, -0.2) is 36.6 Å². The van der Waals surface area contributed by atoms with Crippen molar-refractivity contribution in [2.75, 3.05) is 25.6 Å². The minimum absolute atomic E-state index is 0.000999. The van der Waals surface area contributed by atoms with E-state index in [0.717, 1.165) is 22.5 Å². The van der Waals surface area contributed by atoms with Crippen LogP contribution in [0.1, 0.15) is 18.1 Å². The van der Waals surface area contributed by atoms with Gasteiger partial charge in [-0.25, -0.2) is 4.98 Å². The van der Waals surface area contributed by atoms with Gasteiger partial charge in [0.15, 0.2) is 5.82 Å². The molecular weight excluding hydrogens is 457 g/mol. The average Bonchev–Trinajstić information content (AvgIpc) is 2.83. The molecule has 4 aromatic rings. The first-order valence-corrected chi connectivity index (χ1v) is 10.9. The van der Waals surface area contributed by atoms with Crippen LogP contribution in [-0.2, 0) is 6.18 Å². The van der Waals surface area contributed by atoms with Gasteiger partial charge in [-0.1, -0.05) is 24.3 Å². The summed E-state index contributed by atoms with van der Waals surface area (Å²) in [6.45, 7) is 2.28. The van der Waals surface area contributed by atoms with E-state index in [1.807, 2.05) is 38.1 Å². The number of hydrogen-bond donors (Lipinski definition) is 0. The van der Waals surface area contributed by atoms with Gasteiger partial charge in [0.25, 0.3) is 5.56 Å². The number of rotatable bonds is 6. The van der Waals surface area contributed by atoms with Crippen molar-refractivity contribution < 1.29 is 17.9 Å². The van der Waals surface area contributed by atoms with E-state index in [9.17, 15) is 18.0 Å². The van der Waals surface area contributed by atoms with Crippen molar-refractivity contribution in [2.24, 2.45) is 5.10 Å². The number of halogens is 3. The molecule has 35 heavy (non-hydrogen) atoms. The lowest BCUT2D eigenvalue weighted by molar-refractivity contribution is -0.137. The van der Waals surface area contributed by atoms with Crippen LogP contribution in [0.2, 0.25) is 0 Å². The number of hydrogen-bond acceptors (Lipinski definition) is 5. The molecule has 0 radical (unpaired) electrons. The molecule has 180 valence electrons. The topological polar surface area (TPSA) is 59.7 Å². The first-order valence-electron chi connectivity index (χ1n) is 10.9. The largest absolute Gasteiger partial charge is 0.493 e. The van der Waals surface area contributed by atoms with Gasteiger partial charge in [-0.2, -0.15) is 22.9 Å². The van der Waals surface area contributed by atoms with Crippen LogP contribution in [0.4, 0.5) is 18.9 Å². The number of ether oxygens (including phenoxy) is 1. The number of fused-ring (bicyclic) bond motifs is 1. The maximum absolute atomic E-state index is 13.4. The molecule has 0 aliphatic carbocycles. The molecule has 0 aliphatic heterocycles. The molecule has 0 aliphatic rings. The van der Waals surface area contributed by atoms with Crippen molar-refractivity contribution >= 4 is 22.8 Å². The molecule has 0 saturated heterocycles. The van der Waals surface area contributed by atoms with Crippen LogP contribution in [0.5, 0.6) is 5.75 Å². The summed E-state index contributed by atoms with van der Waals surface area (Å²) >= 11 is 0. The maximum Gasteiger partial charge on any atom is 0.416 e. The number of alkyl halides is 3. The van der Waals surface area contributed by atoms with Crippen LogP contribution >= 0.6 is 0 Å². The van der Waals surface area contributed by atoms with E-state index < -0.39 is 17.3 Å². The highest BCUT2D eigenvalue weighted by Crippen LogP contribution is 2.32. The van der Waals surface area contributed by atoms with Crippen molar-refractivity contribution in [1.29, 1.82) is 0 Å². The van der Waals surface area contributed by atoms with Crippen molar-refractivity contribution in [3.8, 4) is 17.1 Å². The predicted molar refractivity (Wildman–Crippen MR) is 131 cm³/mol. The first kappa shape index (κ1) is 24.0. The Morgan fingerprint density at radius 1 is 1.06 bits per heavy atom. The van der Waals surface area contributed by atoms with Crippen LogP contribution in [0.25, 0.3) is 22.3 Å². The Hall–Kier alpha value is -4.14. The predicted octanol–water partition coefficient (Wildman–Crippen LogP) is 5.43. The number of anilines is 1. The lowest BCUT2D eigenvalue weighted by Crippen LogP contribution is -2.20. The second-order valence-corrected chi connectivity index (χ2v) is 7.94. The summed E-state index contributed by atoms with van der Waals surface area (Å²) in [4.78, 5) is 19.7. The quantitative estimate of drug-likeness (QED) is 0.346. The first-order chi connectivity index (χ1) is 16.7. The molecular formula is C26H23F3N4O2. The minimum Gasteiger partial charge on any atom is -0.493 e. The third-order valence-corrected chi connectivity index (χ3v) is 5.33. The van der Waals surface area contributed by atoms with E-state index in [-0.39, 0.29) is 11.4 Å². The molecule has 0 bridgehead atoms. The summed E-state index contributed by atoms with van der Waals surface area (Å²) in [7, 11) is 3.81. The fourth-order valence-electron chi connectivity index (χ4n) is 3.56. The van der Waals surface area contributed by atoms with Crippen molar-refractivity contribution in [2.45, 2.75) is 13.1 Å². The highest BCUT2D eigenvalue weighted by Gasteiger charge is 2.31. The van der Waals surface area contributed by atoms with E-state index in [1.165, 1.54) is 18.3 Å². The van der Waals surface area contributed by atoms with E-state index in [1.54, 1.807) is 30.3 Å². The Bertz CT molecular complexity index is 1460. The van der Waals surface area contributed by atoms with Gasteiger partial charge in [0.2, 0.25) is 0 Å². The summed E-state index contributed by atoms with van der Waals surface area (Å²) in [5, 5.41) is 4.65. The molecule has 0 atom stereocenters. The van der Waals surface area contributed by atoms with Crippen molar-refractivity contribution in [1.82, 2.24) is 9.66 Å². The highest BCUT2D eigenvalue weighted by molar-refractivity contribution is 5.85. The molecule has 4 rings (SSSR count). The lowest BCUT2D eigenvalue weighted by Gasteiger charge is -2.15. The molecule has 6 nitrogen and oxygen atoms in total. The molecule has 0 spiro atoms. The Labute approximate surface area is 199 Å². The summed E-state index contributed by atoms with van der Waals surface area (Å²) in [5.41, 5.74) is 0.662. The molecule has 3 aromatic carbocycles. The van der Waals surface area contributed by atoms with Crippen molar-refractivity contribution in [3.63, 3.8) is 0 Å². The second-order valence-electron chi connectivity index (χ2n) is 7.94. The van der Waals surface area contributed by atoms with E-state index >= 15 is 0 Å². The van der Waals surface area contributed by atoms with Crippen LogP contribution in [0.3, 0.4) is 0 Å². The van der Waals surface area contributed by atoms with Crippen LogP contribution < -0.4 is 15.2 Å². The lowest BCUT2D eigenvalue weighted by atomic mass is 10.1. The average molecular weight is 480 g/mol. The highest BCUT2D eigenvalue weighted by atomic mass is 19.4. The smallest absolute Gasteiger partial charge is 0.416 e. The van der Waals surface area contributed by atoms with Crippen LogP contribution in [0, 0.1) is 0 Å². The summed E-state index contributed by atoms with van der Waals surface area (Å²) in [5.74, 6) is 0.559. The normalized spacial score (nSPS) is 11.8. The third kappa shape index (κ3) is 5.03. The number of aromatic nitrogens is 2. The third-order valence-electron chi connectivity index (χ3n) is 5.33. The molecule has 0 saturated carbocycles. The van der Waals surface area contributed by atoms with Gasteiger partial charge in [0, 0.05) is 37.0 Å². The summed E-state index contributed by atoms with van der Waals surface area (Å²) in [6, 6.07) is 16.8. The standard InChI is InChI=1S/C26H23F3N4O2/c1-4-35-23-15-20(32(2)3)13-12-18(23)16-30-33-24(17-8-7-9-19(14-17)26(27,28)29)31-22-11-6-5-10-21(22)25(33)34/h5-16H,4H2,1-3H3. The summed E-state index contributed by atoms with van der Waals surface area (Å²) < 4.78 is 46.8. The van der Waals surface area contributed by atoms with Gasteiger partial charge < -0.3 is 9.64 Å². The molecule has 0 N–H and O–H groups in total. The molecule has 9 heteroatoms. The SMILES string of the molecule is CCOc1cc(N(C)C)ccc1C=Nn1c(-c2cccc(C(F)(F)F)c2)nc2ccccc2c1=O. The van der Waals surface area contributed by atoms with Gasteiger partial charge in [0.1, 0.15) is 5.75 Å². The Morgan fingerprint density at radius 2 is 1.83 bits per heavy atom. The van der Waals surface area contributed by atoms with Crippen molar-refractivity contribution in [3.05, 3.63) is 88.2 Å². The number of para-hydroxylation sites is 1. The zero-order valence-corrected chi connectivity index (χ0v) is 19.4.